The second-order valence-electron chi connectivity index (χ2n) is 3.92. The fraction of sp³-hybridized carbons (Fsp3) is 0.800. The molecule has 1 aromatic rings. The first-order valence-electron chi connectivity index (χ1n) is 5.42. The van der Waals surface area contributed by atoms with E-state index in [1.165, 1.54) is 0 Å². The van der Waals surface area contributed by atoms with E-state index in [1.807, 2.05) is 7.05 Å². The van der Waals surface area contributed by atoms with Crippen LogP contribution in [0.15, 0.2) is 4.52 Å². The van der Waals surface area contributed by atoms with Gasteiger partial charge in [0.25, 0.3) is 5.89 Å². The SMILES string of the molecule is CNCCc1noc(C2CCC(C)O2)n1. The quantitative estimate of drug-likeness (QED) is 0.807. The molecule has 1 N–H and O–H groups in total. The van der Waals surface area contributed by atoms with Crippen LogP contribution >= 0.6 is 0 Å². The first-order chi connectivity index (χ1) is 7.29. The van der Waals surface area contributed by atoms with E-state index in [-0.39, 0.29) is 6.10 Å². The predicted octanol–water partition coefficient (Wildman–Crippen LogP) is 1.07. The molecule has 0 aliphatic carbocycles. The molecule has 1 aliphatic heterocycles. The van der Waals surface area contributed by atoms with Crippen LogP contribution < -0.4 is 5.32 Å². The average molecular weight is 211 g/mol. The normalized spacial score (nSPS) is 26.0. The monoisotopic (exact) mass is 211 g/mol. The molecule has 0 radical (unpaired) electrons. The van der Waals surface area contributed by atoms with Crippen molar-refractivity contribution >= 4 is 0 Å². The third-order valence-corrected chi connectivity index (χ3v) is 2.59. The highest BCUT2D eigenvalue weighted by Gasteiger charge is 2.27. The van der Waals surface area contributed by atoms with E-state index in [2.05, 4.69) is 22.4 Å². The summed E-state index contributed by atoms with van der Waals surface area (Å²) in [5, 5.41) is 6.97. The summed E-state index contributed by atoms with van der Waals surface area (Å²) in [6.45, 7) is 2.93. The second kappa shape index (κ2) is 4.72. The van der Waals surface area contributed by atoms with Gasteiger partial charge in [-0.05, 0) is 26.8 Å². The van der Waals surface area contributed by atoms with Crippen molar-refractivity contribution in [2.45, 2.75) is 38.4 Å². The summed E-state index contributed by atoms with van der Waals surface area (Å²) < 4.78 is 10.8. The Kier molecular flexibility index (Phi) is 3.33. The van der Waals surface area contributed by atoms with Crippen molar-refractivity contribution in [1.29, 1.82) is 0 Å². The maximum absolute atomic E-state index is 5.65. The van der Waals surface area contributed by atoms with Gasteiger partial charge in [0.2, 0.25) is 0 Å². The molecule has 2 atom stereocenters. The molecular formula is C10H17N3O2. The Hall–Kier alpha value is -0.940. The zero-order valence-corrected chi connectivity index (χ0v) is 9.19. The lowest BCUT2D eigenvalue weighted by Gasteiger charge is -2.04. The Bertz CT molecular complexity index is 313. The fourth-order valence-corrected chi connectivity index (χ4v) is 1.72. The molecule has 2 heterocycles. The third kappa shape index (κ3) is 2.54. The van der Waals surface area contributed by atoms with Crippen LogP contribution in [0.25, 0.3) is 0 Å². The van der Waals surface area contributed by atoms with Crippen LogP contribution in [0.5, 0.6) is 0 Å². The molecule has 5 nitrogen and oxygen atoms in total. The van der Waals surface area contributed by atoms with Crippen LogP contribution in [0.3, 0.4) is 0 Å². The van der Waals surface area contributed by atoms with Gasteiger partial charge in [-0.1, -0.05) is 5.16 Å². The molecule has 1 aromatic heterocycles. The highest BCUT2D eigenvalue weighted by atomic mass is 16.5. The van der Waals surface area contributed by atoms with Gasteiger partial charge in [0, 0.05) is 13.0 Å². The summed E-state index contributed by atoms with van der Waals surface area (Å²) in [5.41, 5.74) is 0. The van der Waals surface area contributed by atoms with Crippen LogP contribution in [0.2, 0.25) is 0 Å². The number of ether oxygens (including phenoxy) is 1. The summed E-state index contributed by atoms with van der Waals surface area (Å²) >= 11 is 0. The Balaban J connectivity index is 1.94. The van der Waals surface area contributed by atoms with Gasteiger partial charge >= 0.3 is 0 Å². The zero-order chi connectivity index (χ0) is 10.7. The van der Waals surface area contributed by atoms with Crippen LogP contribution in [0.4, 0.5) is 0 Å². The smallest absolute Gasteiger partial charge is 0.255 e. The number of rotatable bonds is 4. The van der Waals surface area contributed by atoms with Crippen LogP contribution in [0.1, 0.15) is 37.6 Å². The predicted molar refractivity (Wildman–Crippen MR) is 54.5 cm³/mol. The summed E-state index contributed by atoms with van der Waals surface area (Å²) in [5.74, 6) is 1.38. The maximum atomic E-state index is 5.65. The number of aromatic nitrogens is 2. The summed E-state index contributed by atoms with van der Waals surface area (Å²) in [6, 6.07) is 0. The first-order valence-corrected chi connectivity index (χ1v) is 5.42. The minimum absolute atomic E-state index is 0.0100. The molecular weight excluding hydrogens is 194 g/mol. The Morgan fingerprint density at radius 1 is 1.47 bits per heavy atom. The van der Waals surface area contributed by atoms with Gasteiger partial charge in [-0.3, -0.25) is 0 Å². The van der Waals surface area contributed by atoms with Gasteiger partial charge in [0.1, 0.15) is 6.10 Å². The van der Waals surface area contributed by atoms with Gasteiger partial charge in [-0.2, -0.15) is 4.98 Å². The number of nitrogens with one attached hydrogen (secondary N) is 1. The molecule has 0 aromatic carbocycles. The highest BCUT2D eigenvalue weighted by Crippen LogP contribution is 2.31. The van der Waals surface area contributed by atoms with E-state index in [1.54, 1.807) is 0 Å². The molecule has 1 fully saturated rings. The minimum Gasteiger partial charge on any atom is -0.365 e. The lowest BCUT2D eigenvalue weighted by Crippen LogP contribution is -2.11. The van der Waals surface area contributed by atoms with Gasteiger partial charge < -0.3 is 14.6 Å². The zero-order valence-electron chi connectivity index (χ0n) is 9.19. The Morgan fingerprint density at radius 3 is 3.00 bits per heavy atom. The van der Waals surface area contributed by atoms with E-state index < -0.39 is 0 Å². The van der Waals surface area contributed by atoms with E-state index in [4.69, 9.17) is 9.26 Å². The van der Waals surface area contributed by atoms with Crippen molar-refractivity contribution in [3.63, 3.8) is 0 Å². The summed E-state index contributed by atoms with van der Waals surface area (Å²) in [6.07, 6.45) is 3.16. The van der Waals surface area contributed by atoms with Gasteiger partial charge in [0.15, 0.2) is 5.82 Å². The molecule has 2 unspecified atom stereocenters. The lowest BCUT2D eigenvalue weighted by molar-refractivity contribution is 0.0355. The van der Waals surface area contributed by atoms with E-state index in [0.717, 1.165) is 31.6 Å². The number of hydrogen-bond acceptors (Lipinski definition) is 5. The second-order valence-corrected chi connectivity index (χ2v) is 3.92. The molecule has 0 bridgehead atoms. The van der Waals surface area contributed by atoms with Crippen molar-refractivity contribution < 1.29 is 9.26 Å². The summed E-state index contributed by atoms with van der Waals surface area (Å²) in [7, 11) is 1.91. The molecule has 84 valence electrons. The van der Waals surface area contributed by atoms with Crippen LogP contribution in [-0.4, -0.2) is 29.8 Å². The highest BCUT2D eigenvalue weighted by molar-refractivity contribution is 4.93. The molecule has 1 aliphatic rings. The third-order valence-electron chi connectivity index (χ3n) is 2.59. The van der Waals surface area contributed by atoms with Gasteiger partial charge in [-0.25, -0.2) is 0 Å². The lowest BCUT2D eigenvalue weighted by atomic mass is 10.2. The van der Waals surface area contributed by atoms with Crippen LogP contribution in [-0.2, 0) is 11.2 Å². The fourth-order valence-electron chi connectivity index (χ4n) is 1.72. The largest absolute Gasteiger partial charge is 0.365 e. The van der Waals surface area contributed by atoms with E-state index in [0.29, 0.717) is 12.0 Å². The molecule has 0 spiro atoms. The van der Waals surface area contributed by atoms with Crippen LogP contribution in [0, 0.1) is 0 Å². The van der Waals surface area contributed by atoms with Crippen molar-refractivity contribution in [3.05, 3.63) is 11.7 Å². The number of nitrogens with zero attached hydrogens (tertiary/aromatic N) is 2. The maximum Gasteiger partial charge on any atom is 0.255 e. The van der Waals surface area contributed by atoms with Gasteiger partial charge in [0.05, 0.1) is 6.10 Å². The number of hydrogen-bond donors (Lipinski definition) is 1. The molecule has 1 saturated heterocycles. The number of likely N-dealkylation sites (N-methyl/N-ethyl adjacent to an activating group) is 1. The van der Waals surface area contributed by atoms with Crippen molar-refractivity contribution in [2.75, 3.05) is 13.6 Å². The molecule has 0 amide bonds. The summed E-state index contributed by atoms with van der Waals surface area (Å²) in [4.78, 5) is 4.32. The molecule has 15 heavy (non-hydrogen) atoms. The topological polar surface area (TPSA) is 60.2 Å². The van der Waals surface area contributed by atoms with E-state index >= 15 is 0 Å². The van der Waals surface area contributed by atoms with E-state index in [9.17, 15) is 0 Å². The van der Waals surface area contributed by atoms with Gasteiger partial charge in [-0.15, -0.1) is 0 Å². The molecule has 0 saturated carbocycles. The standard InChI is InChI=1S/C10H17N3O2/c1-7-3-4-8(14-7)10-12-9(13-15-10)5-6-11-2/h7-8,11H,3-6H2,1-2H3. The van der Waals surface area contributed by atoms with Crippen molar-refractivity contribution in [3.8, 4) is 0 Å². The molecule has 5 heteroatoms. The Morgan fingerprint density at radius 2 is 2.33 bits per heavy atom. The minimum atomic E-state index is 0.0100. The van der Waals surface area contributed by atoms with Crippen molar-refractivity contribution in [1.82, 2.24) is 15.5 Å². The first kappa shape index (κ1) is 10.6. The Labute approximate surface area is 89.2 Å². The molecule has 2 rings (SSSR count). The average Bonchev–Trinajstić information content (AvgIpc) is 2.83. The van der Waals surface area contributed by atoms with Crippen molar-refractivity contribution in [2.24, 2.45) is 0 Å².